The van der Waals surface area contributed by atoms with Gasteiger partial charge in [-0.1, -0.05) is 36.4 Å². The molecule has 0 radical (unpaired) electrons. The van der Waals surface area contributed by atoms with Gasteiger partial charge < -0.3 is 5.32 Å². The van der Waals surface area contributed by atoms with E-state index in [9.17, 15) is 9.59 Å². The molecule has 4 aromatic rings. The average molecular weight is 493 g/mol. The molecule has 3 heterocycles. The number of hydrogen-bond donors (Lipinski definition) is 1. The van der Waals surface area contributed by atoms with Gasteiger partial charge in [-0.05, 0) is 54.8 Å². The molecule has 33 heavy (non-hydrogen) atoms. The van der Waals surface area contributed by atoms with Crippen LogP contribution >= 0.6 is 34.4 Å². The van der Waals surface area contributed by atoms with Crippen LogP contribution in [0.3, 0.4) is 0 Å². The van der Waals surface area contributed by atoms with E-state index in [1.54, 1.807) is 27.4 Å². The summed E-state index contributed by atoms with van der Waals surface area (Å²) in [5, 5.41) is 15.5. The first-order valence-corrected chi connectivity index (χ1v) is 13.4. The minimum absolute atomic E-state index is 0.0708. The lowest BCUT2D eigenvalue weighted by Gasteiger charge is -2.12. The molecule has 0 saturated heterocycles. The van der Waals surface area contributed by atoms with Gasteiger partial charge in [-0.2, -0.15) is 5.26 Å². The zero-order valence-corrected chi connectivity index (χ0v) is 20.1. The molecule has 1 aromatic carbocycles. The number of nitrogens with one attached hydrogen (secondary N) is 1. The Kier molecular flexibility index (Phi) is 6.31. The van der Waals surface area contributed by atoms with E-state index in [0.717, 1.165) is 47.2 Å². The van der Waals surface area contributed by atoms with Crippen molar-refractivity contribution in [1.29, 1.82) is 5.26 Å². The Labute approximate surface area is 202 Å². The fraction of sp³-hybridized carbons (Fsp3) is 0.250. The standard InChI is InChI=1S/C24H20N4O2S3/c25-13-15-11-12-31-21(15)26-19(29)14-32-24-27-22-20(17-9-5-2-6-10-18(17)33-22)23(30)28(24)16-7-3-1-4-8-16/h1,3-4,7-8,11-12H,2,5-6,9-10,14H2,(H,26,29). The molecular formula is C24H20N4O2S3. The number of anilines is 1. The number of aryl methyl sites for hydroxylation is 2. The van der Waals surface area contributed by atoms with Crippen molar-refractivity contribution in [3.63, 3.8) is 0 Å². The van der Waals surface area contributed by atoms with Crippen LogP contribution < -0.4 is 10.9 Å². The third kappa shape index (κ3) is 4.34. The number of rotatable bonds is 5. The molecule has 0 bridgehead atoms. The number of thiophene rings is 2. The smallest absolute Gasteiger partial charge is 0.267 e. The second kappa shape index (κ2) is 9.51. The van der Waals surface area contributed by atoms with Gasteiger partial charge in [0.25, 0.3) is 5.56 Å². The van der Waals surface area contributed by atoms with Gasteiger partial charge >= 0.3 is 0 Å². The third-order valence-corrected chi connectivity index (χ3v) is 8.55. The lowest BCUT2D eigenvalue weighted by atomic mass is 10.1. The molecule has 0 atom stereocenters. The van der Waals surface area contributed by atoms with Crippen LogP contribution in [0.25, 0.3) is 15.9 Å². The number of amides is 1. The van der Waals surface area contributed by atoms with Crippen molar-refractivity contribution in [2.24, 2.45) is 0 Å². The van der Waals surface area contributed by atoms with Gasteiger partial charge in [-0.15, -0.1) is 22.7 Å². The summed E-state index contributed by atoms with van der Waals surface area (Å²) in [6, 6.07) is 13.2. The summed E-state index contributed by atoms with van der Waals surface area (Å²) in [4.78, 5) is 33.3. The largest absolute Gasteiger partial charge is 0.316 e. The molecular weight excluding hydrogens is 472 g/mol. The summed E-state index contributed by atoms with van der Waals surface area (Å²) >= 11 is 4.16. The van der Waals surface area contributed by atoms with Crippen molar-refractivity contribution >= 4 is 55.6 Å². The van der Waals surface area contributed by atoms with Gasteiger partial charge in [-0.3, -0.25) is 14.2 Å². The summed E-state index contributed by atoms with van der Waals surface area (Å²) in [6.45, 7) is 0. The van der Waals surface area contributed by atoms with Gasteiger partial charge in [0.2, 0.25) is 5.91 Å². The zero-order valence-electron chi connectivity index (χ0n) is 17.7. The van der Waals surface area contributed by atoms with E-state index >= 15 is 0 Å². The van der Waals surface area contributed by atoms with Crippen molar-refractivity contribution in [3.05, 3.63) is 68.1 Å². The van der Waals surface area contributed by atoms with E-state index in [0.29, 0.717) is 15.7 Å². The third-order valence-electron chi connectivity index (χ3n) is 5.59. The minimum atomic E-state index is -0.241. The summed E-state index contributed by atoms with van der Waals surface area (Å²) in [5.74, 6) is -0.159. The molecule has 1 amide bonds. The fourth-order valence-corrected chi connectivity index (χ4v) is 6.92. The zero-order chi connectivity index (χ0) is 22.8. The number of para-hydroxylation sites is 1. The van der Waals surface area contributed by atoms with Gasteiger partial charge in [0.05, 0.1) is 22.4 Å². The van der Waals surface area contributed by atoms with Crippen LogP contribution in [-0.2, 0) is 17.6 Å². The Hall–Kier alpha value is -2.93. The van der Waals surface area contributed by atoms with Crippen LogP contribution in [0, 0.1) is 11.3 Å². The molecule has 166 valence electrons. The summed E-state index contributed by atoms with van der Waals surface area (Å²) in [7, 11) is 0. The second-order valence-electron chi connectivity index (χ2n) is 7.73. The van der Waals surface area contributed by atoms with Crippen LogP contribution in [0.2, 0.25) is 0 Å². The van der Waals surface area contributed by atoms with Gasteiger partial charge in [0.15, 0.2) is 5.16 Å². The maximum absolute atomic E-state index is 13.8. The molecule has 1 aliphatic carbocycles. The van der Waals surface area contributed by atoms with Crippen molar-refractivity contribution in [1.82, 2.24) is 9.55 Å². The maximum atomic E-state index is 13.8. The van der Waals surface area contributed by atoms with Crippen LogP contribution in [-0.4, -0.2) is 21.2 Å². The Bertz CT molecular complexity index is 1430. The predicted molar refractivity (Wildman–Crippen MR) is 135 cm³/mol. The fourth-order valence-electron chi connectivity index (χ4n) is 4.05. The maximum Gasteiger partial charge on any atom is 0.267 e. The number of thioether (sulfide) groups is 1. The number of hydrogen-bond acceptors (Lipinski definition) is 7. The first-order chi connectivity index (χ1) is 16.2. The summed E-state index contributed by atoms with van der Waals surface area (Å²) in [6.07, 6.45) is 5.33. The highest BCUT2D eigenvalue weighted by Gasteiger charge is 2.22. The van der Waals surface area contributed by atoms with Gasteiger partial charge in [0.1, 0.15) is 15.9 Å². The molecule has 0 fully saturated rings. The topological polar surface area (TPSA) is 87.8 Å². The van der Waals surface area contributed by atoms with E-state index in [1.165, 1.54) is 34.4 Å². The molecule has 0 aliphatic heterocycles. The molecule has 1 aliphatic rings. The van der Waals surface area contributed by atoms with E-state index in [2.05, 4.69) is 11.4 Å². The lowest BCUT2D eigenvalue weighted by Crippen LogP contribution is -2.23. The highest BCUT2D eigenvalue weighted by Crippen LogP contribution is 2.34. The number of nitrogens with zero attached hydrogens (tertiary/aromatic N) is 3. The number of fused-ring (bicyclic) bond motifs is 3. The first kappa shape index (κ1) is 21.9. The van der Waals surface area contributed by atoms with Crippen molar-refractivity contribution in [2.75, 3.05) is 11.1 Å². The minimum Gasteiger partial charge on any atom is -0.316 e. The van der Waals surface area contributed by atoms with Gasteiger partial charge in [0, 0.05) is 4.88 Å². The molecule has 3 aromatic heterocycles. The van der Waals surface area contributed by atoms with E-state index < -0.39 is 0 Å². The van der Waals surface area contributed by atoms with Crippen LogP contribution in [0.4, 0.5) is 5.00 Å². The van der Waals surface area contributed by atoms with Crippen molar-refractivity contribution < 1.29 is 4.79 Å². The van der Waals surface area contributed by atoms with Crippen LogP contribution in [0.5, 0.6) is 0 Å². The van der Waals surface area contributed by atoms with E-state index in [4.69, 9.17) is 10.2 Å². The highest BCUT2D eigenvalue weighted by molar-refractivity contribution is 7.99. The molecule has 5 rings (SSSR count). The average Bonchev–Trinajstić information content (AvgIpc) is 3.34. The Balaban J connectivity index is 1.53. The molecule has 9 heteroatoms. The van der Waals surface area contributed by atoms with Crippen molar-refractivity contribution in [3.8, 4) is 11.8 Å². The second-order valence-corrected chi connectivity index (χ2v) is 10.7. The number of carbonyl (C=O) groups excluding carboxylic acids is 1. The van der Waals surface area contributed by atoms with E-state index in [1.807, 2.05) is 30.3 Å². The monoisotopic (exact) mass is 492 g/mol. The molecule has 0 saturated carbocycles. The highest BCUT2D eigenvalue weighted by atomic mass is 32.2. The van der Waals surface area contributed by atoms with E-state index in [-0.39, 0.29) is 17.2 Å². The normalized spacial score (nSPS) is 13.3. The predicted octanol–water partition coefficient (Wildman–Crippen LogP) is 5.38. The molecule has 0 unspecified atom stereocenters. The Morgan fingerprint density at radius 3 is 2.82 bits per heavy atom. The Morgan fingerprint density at radius 2 is 2.00 bits per heavy atom. The molecule has 0 spiro atoms. The molecule has 6 nitrogen and oxygen atoms in total. The summed E-state index contributed by atoms with van der Waals surface area (Å²) < 4.78 is 1.63. The van der Waals surface area contributed by atoms with Crippen LogP contribution in [0.1, 0.15) is 35.3 Å². The van der Waals surface area contributed by atoms with Crippen LogP contribution in [0.15, 0.2) is 51.7 Å². The number of aromatic nitrogens is 2. The lowest BCUT2D eigenvalue weighted by molar-refractivity contribution is -0.113. The number of benzene rings is 1. The SMILES string of the molecule is N#Cc1ccsc1NC(=O)CSc1nc2sc3c(c2c(=O)n1-c1ccccc1)CCCCC3. The summed E-state index contributed by atoms with van der Waals surface area (Å²) in [5.41, 5.74) is 2.27. The Morgan fingerprint density at radius 1 is 1.18 bits per heavy atom. The van der Waals surface area contributed by atoms with Crippen molar-refractivity contribution in [2.45, 2.75) is 37.3 Å². The quantitative estimate of drug-likeness (QED) is 0.230. The first-order valence-electron chi connectivity index (χ1n) is 10.7. The number of nitriles is 1. The van der Waals surface area contributed by atoms with Gasteiger partial charge in [-0.25, -0.2) is 4.98 Å². The molecule has 1 N–H and O–H groups in total. The number of carbonyl (C=O) groups is 1.